The molecule has 52 heavy (non-hydrogen) atoms. The lowest BCUT2D eigenvalue weighted by Crippen LogP contribution is -2.48. The van der Waals surface area contributed by atoms with Crippen molar-refractivity contribution in [1.82, 2.24) is 9.80 Å². The highest BCUT2D eigenvalue weighted by Crippen LogP contribution is 2.29. The van der Waals surface area contributed by atoms with Crippen molar-refractivity contribution in [1.29, 1.82) is 0 Å². The molecular formula is C40H48FN5O6. The molecule has 4 aromatic carbocycles. The third-order valence-corrected chi connectivity index (χ3v) is 9.24. The zero-order valence-electron chi connectivity index (χ0n) is 30.1. The second kappa shape index (κ2) is 17.8. The van der Waals surface area contributed by atoms with Gasteiger partial charge in [0.1, 0.15) is 11.6 Å². The average Bonchev–Trinajstić information content (AvgIpc) is 3.13. The van der Waals surface area contributed by atoms with Crippen LogP contribution in [0.3, 0.4) is 0 Å². The van der Waals surface area contributed by atoms with Gasteiger partial charge >= 0.3 is 12.1 Å². The maximum atomic E-state index is 14.5. The van der Waals surface area contributed by atoms with Crippen LogP contribution in [0.4, 0.5) is 31.0 Å². The van der Waals surface area contributed by atoms with Crippen LogP contribution in [0.25, 0.3) is 10.8 Å². The summed E-state index contributed by atoms with van der Waals surface area (Å²) in [6.45, 7) is 6.23. The first-order chi connectivity index (χ1) is 25.0. The van der Waals surface area contributed by atoms with Crippen LogP contribution in [-0.2, 0) is 4.74 Å². The van der Waals surface area contributed by atoms with Crippen molar-refractivity contribution in [3.63, 3.8) is 0 Å². The number of halogens is 1. The molecule has 0 spiro atoms. The van der Waals surface area contributed by atoms with E-state index in [-0.39, 0.29) is 49.2 Å². The second-order valence-electron chi connectivity index (χ2n) is 13.4. The number of anilines is 3. The fraction of sp³-hybridized carbons (Fsp3) is 0.375. The Bertz CT molecular complexity index is 1830. The van der Waals surface area contributed by atoms with Crippen molar-refractivity contribution in [2.45, 2.75) is 58.3 Å². The minimum Gasteiger partial charge on any atom is -0.490 e. The number of aliphatic hydroxyl groups excluding tert-OH is 1. The molecular weight excluding hydrogens is 665 g/mol. The van der Waals surface area contributed by atoms with E-state index >= 15 is 0 Å². The van der Waals surface area contributed by atoms with Crippen LogP contribution in [0, 0.1) is 11.7 Å². The van der Waals surface area contributed by atoms with Crippen LogP contribution in [0.15, 0.2) is 84.9 Å². The number of amides is 5. The predicted molar refractivity (Wildman–Crippen MR) is 202 cm³/mol. The van der Waals surface area contributed by atoms with Crippen LogP contribution < -0.4 is 20.7 Å². The number of nitrogens with zero attached hydrogens (tertiary/aromatic N) is 2. The first-order valence-electron chi connectivity index (χ1n) is 17.7. The van der Waals surface area contributed by atoms with Gasteiger partial charge in [-0.2, -0.15) is 0 Å². The molecule has 4 atom stereocenters. The summed E-state index contributed by atoms with van der Waals surface area (Å²) in [5, 5.41) is 20.7. The highest BCUT2D eigenvalue weighted by molar-refractivity contribution is 6.07. The molecule has 5 rings (SSSR count). The second-order valence-corrected chi connectivity index (χ2v) is 13.4. The Balaban J connectivity index is 1.37. The molecule has 12 heteroatoms. The molecule has 276 valence electrons. The van der Waals surface area contributed by atoms with Gasteiger partial charge in [0.15, 0.2) is 0 Å². The molecule has 4 aromatic rings. The predicted octanol–water partition coefficient (Wildman–Crippen LogP) is 7.58. The fourth-order valence-electron chi connectivity index (χ4n) is 6.19. The first kappa shape index (κ1) is 38.0. The molecule has 1 aliphatic rings. The normalized spacial score (nSPS) is 19.1. The topological polar surface area (TPSA) is 132 Å². The number of benzene rings is 4. The minimum absolute atomic E-state index is 0.201. The number of carbonyl (C=O) groups excluding carboxylic acids is 3. The summed E-state index contributed by atoms with van der Waals surface area (Å²) in [5.74, 6) is -0.671. The molecule has 1 aliphatic heterocycles. The Morgan fingerprint density at radius 3 is 2.46 bits per heavy atom. The van der Waals surface area contributed by atoms with E-state index in [9.17, 15) is 23.9 Å². The maximum Gasteiger partial charge on any atom is 0.323 e. The number of likely N-dealkylation sites (N-methyl/N-ethyl adjacent to an activating group) is 1. The molecule has 5 amide bonds. The lowest BCUT2D eigenvalue weighted by Gasteiger charge is -2.35. The number of ether oxygens (including phenoxy) is 2. The van der Waals surface area contributed by atoms with E-state index in [1.165, 1.54) is 29.2 Å². The van der Waals surface area contributed by atoms with Gasteiger partial charge in [-0.1, -0.05) is 43.3 Å². The lowest BCUT2D eigenvalue weighted by atomic mass is 10.0. The van der Waals surface area contributed by atoms with Gasteiger partial charge in [-0.3, -0.25) is 4.79 Å². The number of hydrogen-bond acceptors (Lipinski definition) is 6. The number of rotatable bonds is 7. The Kier molecular flexibility index (Phi) is 13.0. The van der Waals surface area contributed by atoms with E-state index in [2.05, 4.69) is 16.0 Å². The molecule has 4 N–H and O–H groups in total. The van der Waals surface area contributed by atoms with Gasteiger partial charge in [0.2, 0.25) is 0 Å². The summed E-state index contributed by atoms with van der Waals surface area (Å²) < 4.78 is 26.1. The number of hydrogen-bond donors (Lipinski definition) is 4. The molecule has 0 saturated heterocycles. The monoisotopic (exact) mass is 713 g/mol. The fourth-order valence-corrected chi connectivity index (χ4v) is 6.19. The third kappa shape index (κ3) is 9.98. The summed E-state index contributed by atoms with van der Waals surface area (Å²) in [7, 11) is 1.65. The average molecular weight is 714 g/mol. The number of fused-ring (bicyclic) bond motifs is 2. The summed E-state index contributed by atoms with van der Waals surface area (Å²) >= 11 is 0. The maximum absolute atomic E-state index is 14.5. The van der Waals surface area contributed by atoms with Gasteiger partial charge in [0.25, 0.3) is 5.91 Å². The molecule has 0 fully saturated rings. The van der Waals surface area contributed by atoms with E-state index in [4.69, 9.17) is 9.47 Å². The Morgan fingerprint density at radius 2 is 1.69 bits per heavy atom. The highest BCUT2D eigenvalue weighted by atomic mass is 19.1. The molecule has 0 aromatic heterocycles. The summed E-state index contributed by atoms with van der Waals surface area (Å²) in [5.41, 5.74) is 1.74. The van der Waals surface area contributed by atoms with Crippen LogP contribution in [-0.4, -0.2) is 84.5 Å². The van der Waals surface area contributed by atoms with Gasteiger partial charge < -0.3 is 40.3 Å². The number of carbonyl (C=O) groups is 3. The van der Waals surface area contributed by atoms with E-state index in [0.717, 1.165) is 23.6 Å². The van der Waals surface area contributed by atoms with Gasteiger partial charge in [-0.05, 0) is 87.0 Å². The molecule has 0 aliphatic carbocycles. The summed E-state index contributed by atoms with van der Waals surface area (Å²) in [6.07, 6.45) is 1.62. The Morgan fingerprint density at radius 1 is 0.962 bits per heavy atom. The zero-order valence-corrected chi connectivity index (χ0v) is 30.1. The minimum atomic E-state index is -0.570. The van der Waals surface area contributed by atoms with Gasteiger partial charge in [0, 0.05) is 49.4 Å². The van der Waals surface area contributed by atoms with E-state index < -0.39 is 24.0 Å². The van der Waals surface area contributed by atoms with Gasteiger partial charge in [-0.25, -0.2) is 14.0 Å². The van der Waals surface area contributed by atoms with Crippen molar-refractivity contribution < 1.29 is 33.4 Å². The first-order valence-corrected chi connectivity index (χ1v) is 17.7. The zero-order chi connectivity index (χ0) is 37.2. The van der Waals surface area contributed by atoms with E-state index in [1.54, 1.807) is 37.1 Å². The quantitative estimate of drug-likeness (QED) is 0.156. The molecule has 1 heterocycles. The van der Waals surface area contributed by atoms with Crippen molar-refractivity contribution in [3.8, 4) is 5.75 Å². The van der Waals surface area contributed by atoms with E-state index in [1.807, 2.05) is 56.3 Å². The lowest BCUT2D eigenvalue weighted by molar-refractivity contribution is -0.0115. The third-order valence-electron chi connectivity index (χ3n) is 9.24. The van der Waals surface area contributed by atoms with Crippen LogP contribution >= 0.6 is 0 Å². The summed E-state index contributed by atoms with van der Waals surface area (Å²) in [6, 6.07) is 22.5. The van der Waals surface area contributed by atoms with Crippen molar-refractivity contribution >= 4 is 45.8 Å². The smallest absolute Gasteiger partial charge is 0.323 e. The molecule has 0 unspecified atom stereocenters. The summed E-state index contributed by atoms with van der Waals surface area (Å²) in [4.78, 5) is 43.8. The standard InChI is InChI=1S/C40H48FN5O6/c1-26-23-46(27(2)25-47)38(48)34-22-32(42-39(49)44-35-14-9-12-29-11-5-6-13-33(29)35)19-20-36(34)52-28(3)10-7-8-21-51-37(26)24-45(4)40(50)43-31-17-15-30(41)16-18-31/h5-6,9,11-20,22,26-28,37,47H,7-8,10,21,23-25H2,1-4H3,(H,43,50)(H2,42,44,49)/t26-,27+,28-,37+/m0/s1. The van der Waals surface area contributed by atoms with Crippen molar-refractivity contribution in [3.05, 3.63) is 96.3 Å². The molecule has 0 saturated carbocycles. The highest BCUT2D eigenvalue weighted by Gasteiger charge is 2.31. The van der Waals surface area contributed by atoms with Crippen molar-refractivity contribution in [2.75, 3.05) is 49.3 Å². The molecule has 11 nitrogen and oxygen atoms in total. The largest absolute Gasteiger partial charge is 0.490 e. The SMILES string of the molecule is C[C@H](CO)N1C[C@H](C)[C@@H](CN(C)C(=O)Nc2ccc(F)cc2)OCCCC[C@H](C)Oc2ccc(NC(=O)Nc3cccc4ccccc34)cc2C1=O. The van der Waals surface area contributed by atoms with E-state index in [0.29, 0.717) is 35.8 Å². The van der Waals surface area contributed by atoms with Gasteiger partial charge in [0.05, 0.1) is 36.1 Å². The molecule has 0 bridgehead atoms. The number of urea groups is 2. The Hall–Kier alpha value is -5.20. The van der Waals surface area contributed by atoms with Crippen LogP contribution in [0.2, 0.25) is 0 Å². The van der Waals surface area contributed by atoms with Gasteiger partial charge in [-0.15, -0.1) is 0 Å². The van der Waals surface area contributed by atoms with Crippen LogP contribution in [0.5, 0.6) is 5.75 Å². The van der Waals surface area contributed by atoms with Crippen LogP contribution in [0.1, 0.15) is 50.4 Å². The van der Waals surface area contributed by atoms with Crippen molar-refractivity contribution in [2.24, 2.45) is 5.92 Å². The Labute approximate surface area is 304 Å². The molecule has 0 radical (unpaired) electrons. The number of aliphatic hydroxyl groups is 1. The number of nitrogens with one attached hydrogen (secondary N) is 3.